The standard InChI is InChI=1S/C11H14F4O7S/c1-21-8(16)5-3-6(9(17)22-2)7(4-5)10(12,13)11(14,15)23(18,19)20/h5-7H,3-4H2,1-2H3,(H,18,19,20). The van der Waals surface area contributed by atoms with Gasteiger partial charge in [0.25, 0.3) is 0 Å². The van der Waals surface area contributed by atoms with Crippen molar-refractivity contribution in [3.8, 4) is 0 Å². The first-order chi connectivity index (χ1) is 10.3. The fourth-order valence-electron chi connectivity index (χ4n) is 2.60. The summed E-state index contributed by atoms with van der Waals surface area (Å²) in [5.41, 5.74) is 0. The molecule has 134 valence electrons. The zero-order valence-electron chi connectivity index (χ0n) is 12.0. The molecular weight excluding hydrogens is 352 g/mol. The number of alkyl halides is 4. The van der Waals surface area contributed by atoms with Gasteiger partial charge in [0.15, 0.2) is 0 Å². The predicted molar refractivity (Wildman–Crippen MR) is 65.2 cm³/mol. The molecule has 1 aliphatic rings. The molecule has 0 aromatic carbocycles. The van der Waals surface area contributed by atoms with Gasteiger partial charge in [-0.1, -0.05) is 0 Å². The lowest BCUT2D eigenvalue weighted by molar-refractivity contribution is -0.204. The minimum atomic E-state index is -6.45. The normalized spacial score (nSPS) is 26.0. The van der Waals surface area contributed by atoms with Crippen LogP contribution in [0.25, 0.3) is 0 Å². The van der Waals surface area contributed by atoms with Gasteiger partial charge in [0, 0.05) is 5.92 Å². The van der Waals surface area contributed by atoms with Crippen LogP contribution in [0.5, 0.6) is 0 Å². The number of hydrogen-bond acceptors (Lipinski definition) is 6. The number of hydrogen-bond donors (Lipinski definition) is 1. The van der Waals surface area contributed by atoms with Crippen molar-refractivity contribution in [1.82, 2.24) is 0 Å². The van der Waals surface area contributed by atoms with Crippen molar-refractivity contribution < 1.29 is 49.6 Å². The van der Waals surface area contributed by atoms with Gasteiger partial charge in [-0.3, -0.25) is 14.1 Å². The van der Waals surface area contributed by atoms with Gasteiger partial charge < -0.3 is 9.47 Å². The van der Waals surface area contributed by atoms with Gasteiger partial charge in [-0.25, -0.2) is 0 Å². The molecule has 1 fully saturated rings. The molecule has 0 amide bonds. The van der Waals surface area contributed by atoms with E-state index in [-0.39, 0.29) is 0 Å². The Morgan fingerprint density at radius 2 is 1.52 bits per heavy atom. The number of halogens is 4. The molecule has 1 aliphatic carbocycles. The fourth-order valence-corrected chi connectivity index (χ4v) is 3.09. The Balaban J connectivity index is 3.29. The van der Waals surface area contributed by atoms with Crippen LogP contribution in [0.15, 0.2) is 0 Å². The van der Waals surface area contributed by atoms with Crippen LogP contribution < -0.4 is 0 Å². The molecule has 0 spiro atoms. The van der Waals surface area contributed by atoms with Crippen LogP contribution >= 0.6 is 0 Å². The molecule has 0 bridgehead atoms. The monoisotopic (exact) mass is 366 g/mol. The number of rotatable bonds is 5. The summed E-state index contributed by atoms with van der Waals surface area (Å²) in [6.07, 6.45) is -1.49. The Morgan fingerprint density at radius 3 is 1.91 bits per heavy atom. The Bertz CT molecular complexity index is 589. The van der Waals surface area contributed by atoms with Gasteiger partial charge in [0.05, 0.1) is 26.1 Å². The van der Waals surface area contributed by atoms with Crippen molar-refractivity contribution in [1.29, 1.82) is 0 Å². The predicted octanol–water partition coefficient (Wildman–Crippen LogP) is 1.09. The van der Waals surface area contributed by atoms with Gasteiger partial charge in [-0.15, -0.1) is 0 Å². The van der Waals surface area contributed by atoms with E-state index in [0.29, 0.717) is 0 Å². The van der Waals surface area contributed by atoms with Crippen LogP contribution in [0.4, 0.5) is 17.6 Å². The summed E-state index contributed by atoms with van der Waals surface area (Å²) in [7, 11) is -4.69. The second kappa shape index (κ2) is 6.23. The highest BCUT2D eigenvalue weighted by molar-refractivity contribution is 7.87. The van der Waals surface area contributed by atoms with Crippen LogP contribution in [0.2, 0.25) is 0 Å². The van der Waals surface area contributed by atoms with Gasteiger partial charge in [-0.2, -0.15) is 26.0 Å². The molecule has 7 nitrogen and oxygen atoms in total. The number of carbonyl (C=O) groups is 2. The summed E-state index contributed by atoms with van der Waals surface area (Å²) >= 11 is 0. The molecule has 12 heteroatoms. The molecule has 23 heavy (non-hydrogen) atoms. The van der Waals surface area contributed by atoms with E-state index in [1.165, 1.54) is 0 Å². The van der Waals surface area contributed by atoms with Gasteiger partial charge in [0.1, 0.15) is 0 Å². The van der Waals surface area contributed by atoms with Crippen LogP contribution in [0.1, 0.15) is 12.8 Å². The topological polar surface area (TPSA) is 107 Å². The Morgan fingerprint density at radius 1 is 1.04 bits per heavy atom. The van der Waals surface area contributed by atoms with Crippen molar-refractivity contribution >= 4 is 22.1 Å². The lowest BCUT2D eigenvalue weighted by atomic mass is 9.89. The highest BCUT2D eigenvalue weighted by atomic mass is 32.2. The third-order valence-corrected chi connectivity index (χ3v) is 4.70. The molecule has 1 saturated carbocycles. The highest BCUT2D eigenvalue weighted by Crippen LogP contribution is 2.53. The number of esters is 2. The summed E-state index contributed by atoms with van der Waals surface area (Å²) < 4.78 is 93.1. The summed E-state index contributed by atoms with van der Waals surface area (Å²) in [4.78, 5) is 23.0. The molecule has 0 radical (unpaired) electrons. The average Bonchev–Trinajstić information content (AvgIpc) is 2.89. The largest absolute Gasteiger partial charge is 0.469 e. The van der Waals surface area contributed by atoms with Crippen LogP contribution in [-0.2, 0) is 29.2 Å². The molecule has 0 aliphatic heterocycles. The summed E-state index contributed by atoms with van der Waals surface area (Å²) in [6, 6.07) is 0. The Kier molecular flexibility index (Phi) is 5.31. The molecule has 3 atom stereocenters. The zero-order valence-corrected chi connectivity index (χ0v) is 12.8. The van der Waals surface area contributed by atoms with Crippen LogP contribution in [-0.4, -0.2) is 50.3 Å². The van der Waals surface area contributed by atoms with E-state index in [1.807, 2.05) is 0 Å². The maximum Gasteiger partial charge on any atom is 0.431 e. The van der Waals surface area contributed by atoms with Crippen LogP contribution in [0, 0.1) is 17.8 Å². The van der Waals surface area contributed by atoms with Crippen molar-refractivity contribution in [3.05, 3.63) is 0 Å². The van der Waals surface area contributed by atoms with E-state index in [0.717, 1.165) is 14.2 Å². The molecule has 1 N–H and O–H groups in total. The molecule has 0 aromatic heterocycles. The SMILES string of the molecule is COC(=O)C1CC(C(=O)OC)C(C(F)(F)C(F)(F)S(=O)(=O)O)C1. The zero-order chi connectivity index (χ0) is 18.2. The first kappa shape index (κ1) is 19.6. The van der Waals surface area contributed by atoms with E-state index in [4.69, 9.17) is 4.55 Å². The molecule has 0 saturated heterocycles. The lowest BCUT2D eigenvalue weighted by Gasteiger charge is -2.31. The molecule has 3 unspecified atom stereocenters. The number of ether oxygens (including phenoxy) is 2. The van der Waals surface area contributed by atoms with Crippen LogP contribution in [0.3, 0.4) is 0 Å². The van der Waals surface area contributed by atoms with Crippen molar-refractivity contribution in [2.75, 3.05) is 14.2 Å². The summed E-state index contributed by atoms with van der Waals surface area (Å²) in [6.45, 7) is 0. The van der Waals surface area contributed by atoms with E-state index in [2.05, 4.69) is 9.47 Å². The lowest BCUT2D eigenvalue weighted by Crippen LogP contribution is -2.53. The van der Waals surface area contributed by atoms with Crippen molar-refractivity contribution in [2.24, 2.45) is 17.8 Å². The number of carbonyl (C=O) groups excluding carboxylic acids is 2. The van der Waals surface area contributed by atoms with Gasteiger partial charge in [-0.05, 0) is 12.8 Å². The van der Waals surface area contributed by atoms with E-state index in [1.54, 1.807) is 0 Å². The minimum absolute atomic E-state index is 0.568. The third kappa shape index (κ3) is 3.27. The maximum absolute atomic E-state index is 14.0. The summed E-state index contributed by atoms with van der Waals surface area (Å²) in [5.74, 6) is -13.3. The van der Waals surface area contributed by atoms with Crippen molar-refractivity contribution in [3.63, 3.8) is 0 Å². The Labute approximate surface area is 128 Å². The second-order valence-electron chi connectivity index (χ2n) is 5.04. The first-order valence-electron chi connectivity index (χ1n) is 6.19. The third-order valence-electron chi connectivity index (χ3n) is 3.78. The minimum Gasteiger partial charge on any atom is -0.469 e. The summed E-state index contributed by atoms with van der Waals surface area (Å²) in [5, 5.41) is -5.83. The molecule has 1 rings (SSSR count). The fraction of sp³-hybridized carbons (Fsp3) is 0.818. The molecule has 0 heterocycles. The smallest absolute Gasteiger partial charge is 0.431 e. The van der Waals surface area contributed by atoms with Gasteiger partial charge >= 0.3 is 33.2 Å². The van der Waals surface area contributed by atoms with E-state index in [9.17, 15) is 35.6 Å². The van der Waals surface area contributed by atoms with Gasteiger partial charge in [0.2, 0.25) is 0 Å². The molecule has 0 aromatic rings. The molecular formula is C11H14F4O7S. The Hall–Kier alpha value is -1.43. The number of methoxy groups -OCH3 is 2. The average molecular weight is 366 g/mol. The first-order valence-corrected chi connectivity index (χ1v) is 7.63. The quantitative estimate of drug-likeness (QED) is 0.441. The van der Waals surface area contributed by atoms with E-state index >= 15 is 0 Å². The van der Waals surface area contributed by atoms with Crippen molar-refractivity contribution in [2.45, 2.75) is 24.0 Å². The highest BCUT2D eigenvalue weighted by Gasteiger charge is 2.72. The second-order valence-corrected chi connectivity index (χ2v) is 6.51. The van der Waals surface area contributed by atoms with E-state index < -0.39 is 63.8 Å². The maximum atomic E-state index is 14.0.